The largest absolute Gasteiger partial charge is 0.327 e. The van der Waals surface area contributed by atoms with E-state index in [4.69, 9.17) is 17.2 Å². The fraction of sp³-hybridized carbons (Fsp3) is 0.310. The van der Waals surface area contributed by atoms with Crippen molar-refractivity contribution in [3.05, 3.63) is 80.0 Å². The fourth-order valence-electron chi connectivity index (χ4n) is 4.60. The van der Waals surface area contributed by atoms with Crippen LogP contribution in [0.1, 0.15) is 36.9 Å². The number of hydrogen-bond donors (Lipinski definition) is 0. The Labute approximate surface area is 241 Å². The molecule has 0 radical (unpaired) electrons. The van der Waals surface area contributed by atoms with Gasteiger partial charge in [0.15, 0.2) is 0 Å². The first-order chi connectivity index (χ1) is 19.8. The molecule has 0 unspecified atom stereocenters. The molecule has 1 aromatic heterocycles. The molecule has 0 saturated carbocycles. The highest BCUT2D eigenvalue weighted by molar-refractivity contribution is 7.11. The number of carbonyl (C=O) groups is 1. The summed E-state index contributed by atoms with van der Waals surface area (Å²) in [7, 11) is 0. The van der Waals surface area contributed by atoms with E-state index in [0.29, 0.717) is 73.9 Å². The number of aromatic nitrogens is 1. The van der Waals surface area contributed by atoms with Gasteiger partial charge in [-0.2, -0.15) is 4.37 Å². The Balaban J connectivity index is 1.73. The molecule has 1 aliphatic heterocycles. The van der Waals surface area contributed by atoms with Gasteiger partial charge in [-0.05, 0) is 47.6 Å². The first-order valence-electron chi connectivity index (χ1n) is 12.9. The van der Waals surface area contributed by atoms with Crippen molar-refractivity contribution >= 4 is 33.9 Å². The fourth-order valence-corrected chi connectivity index (χ4v) is 5.51. The number of benzene rings is 2. The third kappa shape index (κ3) is 7.06. The minimum Gasteiger partial charge on any atom is -0.311 e. The van der Waals surface area contributed by atoms with Crippen LogP contribution in [0.5, 0.6) is 0 Å². The second-order valence-electron chi connectivity index (χ2n) is 9.48. The quantitative estimate of drug-likeness (QED) is 0.121. The van der Waals surface area contributed by atoms with E-state index < -0.39 is 9.85 Å². The Kier molecular flexibility index (Phi) is 9.64. The Morgan fingerprint density at radius 3 is 2.05 bits per heavy atom. The van der Waals surface area contributed by atoms with E-state index in [9.17, 15) is 25.0 Å². The maximum absolute atomic E-state index is 13.8. The van der Waals surface area contributed by atoms with Crippen LogP contribution in [0.4, 0.5) is 21.2 Å². The van der Waals surface area contributed by atoms with Gasteiger partial charge in [0.1, 0.15) is 5.00 Å². The Bertz CT molecular complexity index is 1490. The molecule has 0 bridgehead atoms. The first-order valence-corrected chi connectivity index (χ1v) is 13.7. The van der Waals surface area contributed by atoms with Gasteiger partial charge >= 0.3 is 6.03 Å². The van der Waals surface area contributed by atoms with Crippen molar-refractivity contribution in [3.8, 4) is 35.8 Å². The van der Waals surface area contributed by atoms with Crippen LogP contribution in [0.2, 0.25) is 0 Å². The highest BCUT2D eigenvalue weighted by Crippen LogP contribution is 2.40. The van der Waals surface area contributed by atoms with Crippen molar-refractivity contribution in [1.29, 1.82) is 0 Å². The molecule has 1 saturated heterocycles. The second kappa shape index (κ2) is 13.5. The number of terminal acetylenes is 2. The highest BCUT2D eigenvalue weighted by atomic mass is 32.1. The minimum absolute atomic E-state index is 0.0166. The van der Waals surface area contributed by atoms with E-state index in [1.807, 2.05) is 0 Å². The number of nitro groups is 2. The number of anilines is 1. The molecule has 2 amide bonds. The third-order valence-electron chi connectivity index (χ3n) is 6.63. The number of nitrogens with zero attached hydrogens (tertiary/aromatic N) is 6. The van der Waals surface area contributed by atoms with Crippen LogP contribution in [-0.2, 0) is 6.42 Å². The van der Waals surface area contributed by atoms with Crippen LogP contribution in [0.15, 0.2) is 48.5 Å². The molecule has 0 N–H and O–H groups in total. The van der Waals surface area contributed by atoms with E-state index >= 15 is 0 Å². The summed E-state index contributed by atoms with van der Waals surface area (Å²) < 4.78 is 4.70. The van der Waals surface area contributed by atoms with Crippen LogP contribution in [-0.4, -0.2) is 56.5 Å². The van der Waals surface area contributed by atoms with Gasteiger partial charge in [0, 0.05) is 62.2 Å². The van der Waals surface area contributed by atoms with Crippen molar-refractivity contribution in [2.75, 3.05) is 31.3 Å². The highest BCUT2D eigenvalue weighted by Gasteiger charge is 2.34. The number of unbranched alkanes of at least 4 members (excludes halogenated alkanes) is 2. The molecule has 41 heavy (non-hydrogen) atoms. The zero-order valence-electron chi connectivity index (χ0n) is 22.3. The van der Waals surface area contributed by atoms with Gasteiger partial charge in [-0.3, -0.25) is 30.0 Å². The average Bonchev–Trinajstić information content (AvgIpc) is 3.38. The number of non-ortho nitro benzene ring substituents is 2. The number of rotatable bonds is 12. The Morgan fingerprint density at radius 1 is 0.878 bits per heavy atom. The number of carbonyl (C=O) groups excluding carboxylic acids is 1. The van der Waals surface area contributed by atoms with Crippen molar-refractivity contribution in [2.45, 2.75) is 32.1 Å². The number of amides is 2. The molecule has 11 nitrogen and oxygen atoms in total. The summed E-state index contributed by atoms with van der Waals surface area (Å²) in [6.45, 7) is 1.97. The van der Waals surface area contributed by atoms with Gasteiger partial charge in [0.25, 0.3) is 11.4 Å². The van der Waals surface area contributed by atoms with E-state index in [-0.39, 0.29) is 17.4 Å². The summed E-state index contributed by atoms with van der Waals surface area (Å²) >= 11 is 1.17. The maximum Gasteiger partial charge on any atom is 0.327 e. The van der Waals surface area contributed by atoms with Crippen LogP contribution in [0.3, 0.4) is 0 Å². The Morgan fingerprint density at radius 2 is 1.46 bits per heavy atom. The molecule has 0 aliphatic carbocycles. The standard InChI is InChI=1S/C29H28N6O5S/c1-3-5-7-17-31-20-32(18-8-6-4-2)29(36)33(21-31)28-27(23-11-15-25(16-12-23)35(39)40)26(30-41-28)19-22-9-13-24(14-10-22)34(37)38/h1-2,9-16H,5-8,17-21H2. The topological polar surface area (TPSA) is 126 Å². The predicted molar refractivity (Wildman–Crippen MR) is 157 cm³/mol. The van der Waals surface area contributed by atoms with Crippen molar-refractivity contribution < 1.29 is 14.6 Å². The van der Waals surface area contributed by atoms with E-state index in [2.05, 4.69) is 16.7 Å². The third-order valence-corrected chi connectivity index (χ3v) is 7.54. The van der Waals surface area contributed by atoms with Crippen molar-refractivity contribution in [3.63, 3.8) is 0 Å². The zero-order valence-corrected chi connectivity index (χ0v) is 23.1. The van der Waals surface area contributed by atoms with Crippen molar-refractivity contribution in [1.82, 2.24) is 14.2 Å². The molecular formula is C29H28N6O5S. The summed E-state index contributed by atoms with van der Waals surface area (Å²) in [5.41, 5.74) is 2.75. The molecule has 210 valence electrons. The lowest BCUT2D eigenvalue weighted by atomic mass is 10.00. The number of hydrogen-bond acceptors (Lipinski definition) is 8. The van der Waals surface area contributed by atoms with Gasteiger partial charge in [0.05, 0.1) is 28.9 Å². The maximum atomic E-state index is 13.8. The molecule has 4 rings (SSSR count). The Hall–Kier alpha value is -4.78. The predicted octanol–water partition coefficient (Wildman–Crippen LogP) is 5.50. The molecule has 0 spiro atoms. The van der Waals surface area contributed by atoms with E-state index in [1.165, 1.54) is 35.8 Å². The van der Waals surface area contributed by atoms with Crippen LogP contribution in [0.25, 0.3) is 11.1 Å². The smallest absolute Gasteiger partial charge is 0.311 e. The SMILES string of the molecule is C#CCCCN1CN(CCCC#C)C(=O)N(c2snc(Cc3ccc([N+](=O)[O-])cc3)c2-c2ccc([N+](=O)[O-])cc2)C1. The lowest BCUT2D eigenvalue weighted by molar-refractivity contribution is -0.385. The first kappa shape index (κ1) is 29.2. The lowest BCUT2D eigenvalue weighted by Crippen LogP contribution is -2.58. The summed E-state index contributed by atoms with van der Waals surface area (Å²) in [6, 6.07) is 12.2. The number of urea groups is 1. The van der Waals surface area contributed by atoms with Crippen LogP contribution < -0.4 is 4.90 Å². The van der Waals surface area contributed by atoms with Gasteiger partial charge < -0.3 is 4.90 Å². The number of nitro benzene ring substituents is 2. The molecule has 0 atom stereocenters. The van der Waals surface area contributed by atoms with Crippen LogP contribution in [0, 0.1) is 44.9 Å². The lowest BCUT2D eigenvalue weighted by Gasteiger charge is -2.41. The molecule has 2 heterocycles. The molecule has 1 aliphatic rings. The van der Waals surface area contributed by atoms with E-state index in [1.54, 1.807) is 34.1 Å². The molecule has 3 aromatic rings. The van der Waals surface area contributed by atoms with Gasteiger partial charge in [-0.15, -0.1) is 24.7 Å². The zero-order chi connectivity index (χ0) is 29.4. The van der Waals surface area contributed by atoms with Crippen LogP contribution >= 0.6 is 11.5 Å². The molecular weight excluding hydrogens is 544 g/mol. The van der Waals surface area contributed by atoms with Gasteiger partial charge in [-0.1, -0.05) is 12.1 Å². The second-order valence-corrected chi connectivity index (χ2v) is 10.2. The van der Waals surface area contributed by atoms with Gasteiger partial charge in [-0.25, -0.2) is 4.79 Å². The summed E-state index contributed by atoms with van der Waals surface area (Å²) in [5, 5.41) is 23.0. The minimum atomic E-state index is -0.468. The summed E-state index contributed by atoms with van der Waals surface area (Å²) in [4.78, 5) is 40.8. The van der Waals surface area contributed by atoms with E-state index in [0.717, 1.165) is 12.0 Å². The van der Waals surface area contributed by atoms with Crippen molar-refractivity contribution in [2.24, 2.45) is 0 Å². The monoisotopic (exact) mass is 572 g/mol. The summed E-state index contributed by atoms with van der Waals surface area (Å²) in [6.07, 6.45) is 13.8. The normalized spacial score (nSPS) is 13.6. The molecule has 1 fully saturated rings. The average molecular weight is 573 g/mol. The summed E-state index contributed by atoms with van der Waals surface area (Å²) in [5.74, 6) is 5.27. The van der Waals surface area contributed by atoms with Gasteiger partial charge in [0.2, 0.25) is 0 Å². The molecule has 2 aromatic carbocycles. The molecule has 12 heteroatoms.